The van der Waals surface area contributed by atoms with E-state index in [0.29, 0.717) is 12.3 Å². The first-order valence-corrected chi connectivity index (χ1v) is 6.12. The van der Waals surface area contributed by atoms with Crippen LogP contribution in [0.2, 0.25) is 0 Å². The van der Waals surface area contributed by atoms with E-state index in [0.717, 1.165) is 37.9 Å². The zero-order valence-corrected chi connectivity index (χ0v) is 9.92. The Balaban J connectivity index is 2.22. The van der Waals surface area contributed by atoms with Crippen molar-refractivity contribution in [3.8, 4) is 0 Å². The zero-order chi connectivity index (χ0) is 11.1. The lowest BCUT2D eigenvalue weighted by Gasteiger charge is -2.18. The van der Waals surface area contributed by atoms with Gasteiger partial charge in [-0.05, 0) is 31.3 Å². The van der Waals surface area contributed by atoms with Gasteiger partial charge in [0.25, 0.3) is 0 Å². The maximum absolute atomic E-state index is 11.4. The number of hydrogen-bond donors (Lipinski definition) is 0. The number of allylic oxidation sites excluding steroid dienone is 2. The molecule has 2 nitrogen and oxygen atoms in total. The molecule has 0 heterocycles. The molecule has 0 aromatic heterocycles. The van der Waals surface area contributed by atoms with Crippen LogP contribution in [0.4, 0.5) is 0 Å². The van der Waals surface area contributed by atoms with E-state index in [4.69, 9.17) is 4.74 Å². The monoisotopic (exact) mass is 210 g/mol. The van der Waals surface area contributed by atoms with Gasteiger partial charge in [-0.1, -0.05) is 26.7 Å². The van der Waals surface area contributed by atoms with E-state index in [9.17, 15) is 4.79 Å². The van der Waals surface area contributed by atoms with Gasteiger partial charge in [0.1, 0.15) is 5.76 Å². The van der Waals surface area contributed by atoms with Crippen molar-refractivity contribution in [1.29, 1.82) is 0 Å². The van der Waals surface area contributed by atoms with Gasteiger partial charge < -0.3 is 4.74 Å². The molecule has 1 aliphatic carbocycles. The van der Waals surface area contributed by atoms with Crippen molar-refractivity contribution >= 4 is 5.97 Å². The number of carbonyl (C=O) groups excluding carboxylic acids is 1. The molecule has 0 saturated heterocycles. The van der Waals surface area contributed by atoms with Crippen LogP contribution >= 0.6 is 0 Å². The Labute approximate surface area is 92.7 Å². The SMILES string of the molecule is CCCCCC(=O)OC1=CCCC(C)C1. The number of hydrogen-bond acceptors (Lipinski definition) is 2. The summed E-state index contributed by atoms with van der Waals surface area (Å²) in [5.74, 6) is 1.51. The summed E-state index contributed by atoms with van der Waals surface area (Å²) in [5, 5.41) is 0. The normalized spacial score (nSPS) is 20.9. The van der Waals surface area contributed by atoms with Crippen molar-refractivity contribution < 1.29 is 9.53 Å². The molecule has 0 bridgehead atoms. The lowest BCUT2D eigenvalue weighted by molar-refractivity contribution is -0.140. The highest BCUT2D eigenvalue weighted by atomic mass is 16.5. The van der Waals surface area contributed by atoms with Gasteiger partial charge in [0.15, 0.2) is 0 Å². The standard InChI is InChI=1S/C13H22O2/c1-3-4-5-9-13(14)15-12-8-6-7-11(2)10-12/h8,11H,3-7,9-10H2,1-2H3. The van der Waals surface area contributed by atoms with Crippen LogP contribution in [0.25, 0.3) is 0 Å². The summed E-state index contributed by atoms with van der Waals surface area (Å²) in [5.41, 5.74) is 0. The second kappa shape index (κ2) is 6.65. The van der Waals surface area contributed by atoms with E-state index in [-0.39, 0.29) is 5.97 Å². The molecule has 0 radical (unpaired) electrons. The van der Waals surface area contributed by atoms with Gasteiger partial charge in [-0.15, -0.1) is 0 Å². The van der Waals surface area contributed by atoms with Crippen LogP contribution in [0.1, 0.15) is 58.8 Å². The summed E-state index contributed by atoms with van der Waals surface area (Å²) in [4.78, 5) is 11.4. The summed E-state index contributed by atoms with van der Waals surface area (Å²) in [6.45, 7) is 4.34. The van der Waals surface area contributed by atoms with Crippen LogP contribution in [0, 0.1) is 5.92 Å². The van der Waals surface area contributed by atoms with Gasteiger partial charge in [-0.2, -0.15) is 0 Å². The molecule has 0 aliphatic heterocycles. The minimum Gasteiger partial charge on any atom is -0.431 e. The van der Waals surface area contributed by atoms with Crippen molar-refractivity contribution in [2.75, 3.05) is 0 Å². The quantitative estimate of drug-likeness (QED) is 0.509. The molecule has 0 aromatic carbocycles. The Morgan fingerprint density at radius 1 is 1.53 bits per heavy atom. The molecular weight excluding hydrogens is 188 g/mol. The summed E-state index contributed by atoms with van der Waals surface area (Å²) in [7, 11) is 0. The molecule has 0 saturated carbocycles. The maximum Gasteiger partial charge on any atom is 0.310 e. The minimum atomic E-state index is -0.0520. The molecule has 0 aromatic rings. The predicted molar refractivity (Wildman–Crippen MR) is 61.3 cm³/mol. The number of ether oxygens (including phenoxy) is 1. The first-order chi connectivity index (χ1) is 7.22. The molecule has 1 atom stereocenters. The average Bonchev–Trinajstić information content (AvgIpc) is 2.18. The Morgan fingerprint density at radius 3 is 3.00 bits per heavy atom. The van der Waals surface area contributed by atoms with Crippen molar-refractivity contribution in [3.05, 3.63) is 11.8 Å². The molecule has 1 rings (SSSR count). The van der Waals surface area contributed by atoms with Gasteiger partial charge in [0, 0.05) is 12.8 Å². The summed E-state index contributed by atoms with van der Waals surface area (Å²) >= 11 is 0. The smallest absolute Gasteiger partial charge is 0.310 e. The highest BCUT2D eigenvalue weighted by Gasteiger charge is 2.14. The highest BCUT2D eigenvalue weighted by molar-refractivity contribution is 5.70. The largest absolute Gasteiger partial charge is 0.431 e. The molecule has 2 heteroatoms. The molecular formula is C13H22O2. The van der Waals surface area contributed by atoms with E-state index in [1.165, 1.54) is 6.42 Å². The first kappa shape index (κ1) is 12.3. The Kier molecular flexibility index (Phi) is 5.44. The first-order valence-electron chi connectivity index (χ1n) is 6.12. The number of esters is 1. The fourth-order valence-corrected chi connectivity index (χ4v) is 1.86. The van der Waals surface area contributed by atoms with Crippen molar-refractivity contribution in [1.82, 2.24) is 0 Å². The van der Waals surface area contributed by atoms with Gasteiger partial charge in [0.2, 0.25) is 0 Å². The number of rotatable bonds is 5. The van der Waals surface area contributed by atoms with E-state index >= 15 is 0 Å². The van der Waals surface area contributed by atoms with E-state index in [1.54, 1.807) is 0 Å². The molecule has 0 amide bonds. The lowest BCUT2D eigenvalue weighted by Crippen LogP contribution is -2.10. The Bertz CT molecular complexity index is 231. The molecule has 0 spiro atoms. The fraction of sp³-hybridized carbons (Fsp3) is 0.769. The van der Waals surface area contributed by atoms with Gasteiger partial charge >= 0.3 is 5.97 Å². The maximum atomic E-state index is 11.4. The van der Waals surface area contributed by atoms with Crippen LogP contribution < -0.4 is 0 Å². The van der Waals surface area contributed by atoms with E-state index in [1.807, 2.05) is 0 Å². The molecule has 1 unspecified atom stereocenters. The molecule has 1 aliphatic rings. The topological polar surface area (TPSA) is 26.3 Å². The summed E-state index contributed by atoms with van der Waals surface area (Å²) in [6.07, 6.45) is 9.06. The lowest BCUT2D eigenvalue weighted by atomic mass is 9.95. The van der Waals surface area contributed by atoms with Crippen LogP contribution in [0.3, 0.4) is 0 Å². The van der Waals surface area contributed by atoms with Crippen LogP contribution in [-0.4, -0.2) is 5.97 Å². The van der Waals surface area contributed by atoms with Gasteiger partial charge in [-0.25, -0.2) is 0 Å². The number of unbranched alkanes of at least 4 members (excludes halogenated alkanes) is 2. The van der Waals surface area contributed by atoms with Gasteiger partial charge in [0.05, 0.1) is 0 Å². The van der Waals surface area contributed by atoms with Gasteiger partial charge in [-0.3, -0.25) is 4.79 Å². The molecule has 0 N–H and O–H groups in total. The Morgan fingerprint density at radius 2 is 2.33 bits per heavy atom. The van der Waals surface area contributed by atoms with E-state index in [2.05, 4.69) is 19.9 Å². The predicted octanol–water partition coefficient (Wildman–Crippen LogP) is 3.81. The van der Waals surface area contributed by atoms with Crippen molar-refractivity contribution in [2.24, 2.45) is 5.92 Å². The average molecular weight is 210 g/mol. The van der Waals surface area contributed by atoms with E-state index < -0.39 is 0 Å². The van der Waals surface area contributed by atoms with Crippen LogP contribution in [-0.2, 0) is 9.53 Å². The second-order valence-corrected chi connectivity index (χ2v) is 4.49. The molecule has 0 fully saturated rings. The summed E-state index contributed by atoms with van der Waals surface area (Å²) in [6, 6.07) is 0. The molecule has 86 valence electrons. The third-order valence-corrected chi connectivity index (χ3v) is 2.81. The van der Waals surface area contributed by atoms with Crippen molar-refractivity contribution in [2.45, 2.75) is 58.8 Å². The highest BCUT2D eigenvalue weighted by Crippen LogP contribution is 2.24. The fourth-order valence-electron chi connectivity index (χ4n) is 1.86. The van der Waals surface area contributed by atoms with Crippen LogP contribution in [0.15, 0.2) is 11.8 Å². The summed E-state index contributed by atoms with van der Waals surface area (Å²) < 4.78 is 5.33. The third kappa shape index (κ3) is 5.01. The minimum absolute atomic E-state index is 0.0520. The molecule has 15 heavy (non-hydrogen) atoms. The van der Waals surface area contributed by atoms with Crippen LogP contribution in [0.5, 0.6) is 0 Å². The zero-order valence-electron chi connectivity index (χ0n) is 9.92. The second-order valence-electron chi connectivity index (χ2n) is 4.49. The third-order valence-electron chi connectivity index (χ3n) is 2.81. The Hall–Kier alpha value is -0.790. The van der Waals surface area contributed by atoms with Crippen molar-refractivity contribution in [3.63, 3.8) is 0 Å². The number of carbonyl (C=O) groups is 1.